The van der Waals surface area contributed by atoms with Crippen LogP contribution in [0.2, 0.25) is 0 Å². The monoisotopic (exact) mass is 251 g/mol. The number of nitrogens with zero attached hydrogens (tertiary/aromatic N) is 1. The van der Waals surface area contributed by atoms with Crippen LogP contribution in [0.1, 0.15) is 29.6 Å². The van der Waals surface area contributed by atoms with Gasteiger partial charge in [0.05, 0.1) is 13.2 Å². The Morgan fingerprint density at radius 3 is 2.78 bits per heavy atom. The Labute approximate surface area is 106 Å². The molecule has 1 aromatic rings. The van der Waals surface area contributed by atoms with E-state index < -0.39 is 5.82 Å². The number of rotatable bonds is 6. The molecule has 0 amide bonds. The van der Waals surface area contributed by atoms with Gasteiger partial charge in [0.25, 0.3) is 0 Å². The Hall–Kier alpha value is -1.26. The SMILES string of the molecule is O=C(CN(CCO)C1CCC1)c1cccc(F)c1. The molecule has 1 aromatic carbocycles. The molecule has 1 fully saturated rings. The van der Waals surface area contributed by atoms with Crippen molar-refractivity contribution in [3.8, 4) is 0 Å². The van der Waals surface area contributed by atoms with Crippen molar-refractivity contribution in [3.05, 3.63) is 35.6 Å². The summed E-state index contributed by atoms with van der Waals surface area (Å²) in [7, 11) is 0. The zero-order chi connectivity index (χ0) is 13.0. The molecule has 1 aliphatic carbocycles. The van der Waals surface area contributed by atoms with Crippen LogP contribution in [0, 0.1) is 5.82 Å². The molecule has 0 atom stereocenters. The van der Waals surface area contributed by atoms with Crippen LogP contribution in [-0.2, 0) is 0 Å². The standard InChI is InChI=1S/C14H18FNO2/c15-12-4-1-3-11(9-12)14(18)10-16(7-8-17)13-5-2-6-13/h1,3-4,9,13,17H,2,5-8,10H2. The summed E-state index contributed by atoms with van der Waals surface area (Å²) in [6.07, 6.45) is 3.34. The molecule has 2 rings (SSSR count). The van der Waals surface area contributed by atoms with E-state index in [-0.39, 0.29) is 18.9 Å². The third-order valence-corrected chi connectivity index (χ3v) is 3.47. The molecule has 0 aliphatic heterocycles. The van der Waals surface area contributed by atoms with E-state index in [9.17, 15) is 9.18 Å². The van der Waals surface area contributed by atoms with Crippen LogP contribution >= 0.6 is 0 Å². The van der Waals surface area contributed by atoms with Crippen LogP contribution in [0.25, 0.3) is 0 Å². The molecular formula is C14H18FNO2. The minimum Gasteiger partial charge on any atom is -0.395 e. The van der Waals surface area contributed by atoms with Gasteiger partial charge in [-0.3, -0.25) is 9.69 Å². The van der Waals surface area contributed by atoms with Crippen LogP contribution in [0.15, 0.2) is 24.3 Å². The number of hydrogen-bond acceptors (Lipinski definition) is 3. The maximum absolute atomic E-state index is 13.0. The number of Topliss-reactive ketones (excluding diaryl/α,β-unsaturated/α-hetero) is 1. The molecule has 3 nitrogen and oxygen atoms in total. The van der Waals surface area contributed by atoms with Crippen molar-refractivity contribution in [3.63, 3.8) is 0 Å². The molecule has 1 saturated carbocycles. The van der Waals surface area contributed by atoms with Gasteiger partial charge in [-0.05, 0) is 25.0 Å². The molecule has 0 radical (unpaired) electrons. The van der Waals surface area contributed by atoms with E-state index in [1.165, 1.54) is 18.6 Å². The lowest BCUT2D eigenvalue weighted by Gasteiger charge is -2.36. The van der Waals surface area contributed by atoms with E-state index in [0.717, 1.165) is 12.8 Å². The van der Waals surface area contributed by atoms with Gasteiger partial charge in [-0.2, -0.15) is 0 Å². The molecule has 98 valence electrons. The number of aliphatic hydroxyl groups excluding tert-OH is 1. The summed E-state index contributed by atoms with van der Waals surface area (Å²) in [5.74, 6) is -0.479. The van der Waals surface area contributed by atoms with Crippen molar-refractivity contribution in [2.24, 2.45) is 0 Å². The average Bonchev–Trinajstić information content (AvgIpc) is 2.27. The molecular weight excluding hydrogens is 233 g/mol. The van der Waals surface area contributed by atoms with Crippen molar-refractivity contribution in [2.45, 2.75) is 25.3 Å². The number of carbonyl (C=O) groups is 1. The Morgan fingerprint density at radius 2 is 2.22 bits per heavy atom. The molecule has 0 heterocycles. The molecule has 1 aliphatic rings. The van der Waals surface area contributed by atoms with Crippen molar-refractivity contribution in [1.82, 2.24) is 4.90 Å². The minimum atomic E-state index is -0.391. The van der Waals surface area contributed by atoms with Gasteiger partial charge < -0.3 is 5.11 Å². The Balaban J connectivity index is 1.99. The number of ketones is 1. The second-order valence-electron chi connectivity index (χ2n) is 4.71. The number of aliphatic hydroxyl groups is 1. The molecule has 0 saturated heterocycles. The fraction of sp³-hybridized carbons (Fsp3) is 0.500. The molecule has 0 unspecified atom stereocenters. The van der Waals surface area contributed by atoms with Crippen LogP contribution in [0.5, 0.6) is 0 Å². The van der Waals surface area contributed by atoms with Crippen LogP contribution in [0.3, 0.4) is 0 Å². The maximum Gasteiger partial charge on any atom is 0.176 e. The predicted octanol–water partition coefficient (Wildman–Crippen LogP) is 1.86. The van der Waals surface area contributed by atoms with Crippen LogP contribution in [-0.4, -0.2) is 41.5 Å². The van der Waals surface area contributed by atoms with E-state index in [1.54, 1.807) is 12.1 Å². The van der Waals surface area contributed by atoms with Crippen molar-refractivity contribution in [1.29, 1.82) is 0 Å². The Morgan fingerprint density at radius 1 is 1.44 bits per heavy atom. The fourth-order valence-corrected chi connectivity index (χ4v) is 2.21. The molecule has 0 bridgehead atoms. The number of hydrogen-bond donors (Lipinski definition) is 1. The largest absolute Gasteiger partial charge is 0.395 e. The van der Waals surface area contributed by atoms with Crippen molar-refractivity contribution >= 4 is 5.78 Å². The van der Waals surface area contributed by atoms with E-state index in [0.29, 0.717) is 18.2 Å². The Kier molecular flexibility index (Phi) is 4.44. The minimum absolute atomic E-state index is 0.0485. The molecule has 0 aromatic heterocycles. The number of carbonyl (C=O) groups excluding carboxylic acids is 1. The third kappa shape index (κ3) is 3.15. The highest BCUT2D eigenvalue weighted by molar-refractivity contribution is 5.97. The number of halogens is 1. The van der Waals surface area contributed by atoms with Gasteiger partial charge in [0.1, 0.15) is 5.82 Å². The zero-order valence-electron chi connectivity index (χ0n) is 10.3. The highest BCUT2D eigenvalue weighted by atomic mass is 19.1. The van der Waals surface area contributed by atoms with Gasteiger partial charge in [-0.1, -0.05) is 18.6 Å². The van der Waals surface area contributed by atoms with Gasteiger partial charge >= 0.3 is 0 Å². The first-order chi connectivity index (χ1) is 8.70. The highest BCUT2D eigenvalue weighted by Crippen LogP contribution is 2.24. The van der Waals surface area contributed by atoms with Crippen LogP contribution < -0.4 is 0 Å². The second-order valence-corrected chi connectivity index (χ2v) is 4.71. The average molecular weight is 251 g/mol. The lowest BCUT2D eigenvalue weighted by Crippen LogP contribution is -2.44. The van der Waals surface area contributed by atoms with Crippen molar-refractivity contribution < 1.29 is 14.3 Å². The number of benzene rings is 1. The predicted molar refractivity (Wildman–Crippen MR) is 67.0 cm³/mol. The topological polar surface area (TPSA) is 40.5 Å². The van der Waals surface area contributed by atoms with Gasteiger partial charge in [0.15, 0.2) is 5.78 Å². The summed E-state index contributed by atoms with van der Waals surface area (Å²) in [6, 6.07) is 6.16. The second kappa shape index (κ2) is 6.07. The van der Waals surface area contributed by atoms with Gasteiger partial charge in [-0.15, -0.1) is 0 Å². The first kappa shape index (κ1) is 13.2. The maximum atomic E-state index is 13.0. The van der Waals surface area contributed by atoms with E-state index in [1.807, 2.05) is 4.90 Å². The summed E-state index contributed by atoms with van der Waals surface area (Å²) in [5, 5.41) is 9.02. The lowest BCUT2D eigenvalue weighted by atomic mass is 9.91. The molecule has 0 spiro atoms. The summed E-state index contributed by atoms with van der Waals surface area (Å²) >= 11 is 0. The zero-order valence-corrected chi connectivity index (χ0v) is 10.3. The fourth-order valence-electron chi connectivity index (χ4n) is 2.21. The summed E-state index contributed by atoms with van der Waals surface area (Å²) in [6.45, 7) is 0.813. The lowest BCUT2D eigenvalue weighted by molar-refractivity contribution is 0.0747. The summed E-state index contributed by atoms with van der Waals surface area (Å²) in [4.78, 5) is 14.0. The Bertz CT molecular complexity index is 418. The van der Waals surface area contributed by atoms with E-state index in [4.69, 9.17) is 5.11 Å². The van der Waals surface area contributed by atoms with Gasteiger partial charge in [-0.25, -0.2) is 4.39 Å². The highest BCUT2D eigenvalue weighted by Gasteiger charge is 2.26. The molecule has 1 N–H and O–H groups in total. The summed E-state index contributed by atoms with van der Waals surface area (Å²) < 4.78 is 13.0. The van der Waals surface area contributed by atoms with Crippen LogP contribution in [0.4, 0.5) is 4.39 Å². The molecule has 18 heavy (non-hydrogen) atoms. The van der Waals surface area contributed by atoms with Gasteiger partial charge in [0, 0.05) is 18.2 Å². The third-order valence-electron chi connectivity index (χ3n) is 3.47. The van der Waals surface area contributed by atoms with Crippen molar-refractivity contribution in [2.75, 3.05) is 19.7 Å². The van der Waals surface area contributed by atoms with E-state index in [2.05, 4.69) is 0 Å². The van der Waals surface area contributed by atoms with E-state index >= 15 is 0 Å². The van der Waals surface area contributed by atoms with Gasteiger partial charge in [0.2, 0.25) is 0 Å². The first-order valence-electron chi connectivity index (χ1n) is 6.34. The summed E-state index contributed by atoms with van der Waals surface area (Å²) in [5.41, 5.74) is 0.400. The normalized spacial score (nSPS) is 15.7. The quantitative estimate of drug-likeness (QED) is 0.784. The first-order valence-corrected chi connectivity index (χ1v) is 6.34. The smallest absolute Gasteiger partial charge is 0.176 e. The molecule has 4 heteroatoms.